The number of methoxy groups -OCH3 is 1. The first-order chi connectivity index (χ1) is 15.4. The molecular weight excluding hydrogens is 431 g/mol. The summed E-state index contributed by atoms with van der Waals surface area (Å²) in [6, 6.07) is 10.5. The smallest absolute Gasteiger partial charge is 0.224 e. The number of halogens is 1. The van der Waals surface area contributed by atoms with Crippen LogP contribution in [-0.2, 0) is 11.2 Å². The van der Waals surface area contributed by atoms with Crippen LogP contribution in [0.3, 0.4) is 0 Å². The Morgan fingerprint density at radius 3 is 2.88 bits per heavy atom. The Morgan fingerprint density at radius 1 is 1.22 bits per heavy atom. The minimum Gasteiger partial charge on any atom is -0.497 e. The van der Waals surface area contributed by atoms with Crippen LogP contribution in [0.4, 0.5) is 10.1 Å². The third-order valence-corrected chi connectivity index (χ3v) is 6.52. The summed E-state index contributed by atoms with van der Waals surface area (Å²) in [4.78, 5) is 24.4. The number of hydrogen-bond donors (Lipinski definition) is 1. The number of benzene rings is 2. The molecule has 3 heterocycles. The molecule has 5 rings (SSSR count). The first kappa shape index (κ1) is 20.4. The molecule has 0 radical (unpaired) electrons. The van der Waals surface area contributed by atoms with Crippen LogP contribution >= 0.6 is 11.8 Å². The monoisotopic (exact) mass is 450 g/mol. The molecule has 162 valence electrons. The first-order valence-electron chi connectivity index (χ1n) is 10.1. The van der Waals surface area contributed by atoms with Crippen molar-refractivity contribution in [2.75, 3.05) is 18.2 Å². The van der Waals surface area contributed by atoms with Crippen molar-refractivity contribution >= 4 is 45.7 Å². The number of aromatic nitrogens is 3. The van der Waals surface area contributed by atoms with Crippen LogP contribution < -0.4 is 10.1 Å². The number of Topliss-reactive ketones (excluding diaryl/α,β-unsaturated/α-hetero) is 1. The predicted molar refractivity (Wildman–Crippen MR) is 120 cm³/mol. The van der Waals surface area contributed by atoms with E-state index in [1.165, 1.54) is 17.8 Å². The van der Waals surface area contributed by atoms with E-state index < -0.39 is 5.82 Å². The second kappa shape index (κ2) is 7.90. The zero-order chi connectivity index (χ0) is 22.4. The van der Waals surface area contributed by atoms with Crippen molar-refractivity contribution in [3.63, 3.8) is 0 Å². The van der Waals surface area contributed by atoms with Gasteiger partial charge in [0.1, 0.15) is 11.6 Å². The molecule has 1 N–H and O–H groups in total. The van der Waals surface area contributed by atoms with E-state index in [0.29, 0.717) is 35.1 Å². The Morgan fingerprint density at radius 2 is 2.06 bits per heavy atom. The van der Waals surface area contributed by atoms with Crippen LogP contribution in [0.15, 0.2) is 41.6 Å². The first-order valence-corrected chi connectivity index (χ1v) is 11.0. The van der Waals surface area contributed by atoms with Crippen LogP contribution in [0.5, 0.6) is 5.75 Å². The summed E-state index contributed by atoms with van der Waals surface area (Å²) >= 11 is 1.20. The standard InChI is InChI=1S/C23H19FN4O3S/c1-12-7-21-26-27-23(28(21)19-9-14(31-2)4-5-15(12)19)32-11-20(29)16-8-13-3-6-22(30)25-18(13)10-17(16)24/h4-5,7-10H,3,6,11H2,1-2H3,(H,25,30). The van der Waals surface area contributed by atoms with Gasteiger partial charge in [-0.2, -0.15) is 0 Å². The van der Waals surface area contributed by atoms with Crippen molar-refractivity contribution in [1.29, 1.82) is 0 Å². The number of nitrogens with one attached hydrogen (secondary N) is 1. The third-order valence-electron chi connectivity index (χ3n) is 5.60. The lowest BCUT2D eigenvalue weighted by Gasteiger charge is -2.17. The van der Waals surface area contributed by atoms with Gasteiger partial charge in [0.05, 0.1) is 23.9 Å². The number of rotatable bonds is 5. The van der Waals surface area contributed by atoms with Crippen molar-refractivity contribution in [3.8, 4) is 5.75 Å². The van der Waals surface area contributed by atoms with Gasteiger partial charge in [0, 0.05) is 23.6 Å². The molecule has 2 aromatic carbocycles. The van der Waals surface area contributed by atoms with E-state index in [0.717, 1.165) is 22.0 Å². The normalized spacial score (nSPS) is 13.3. The fraction of sp³-hybridized carbons (Fsp3) is 0.217. The molecule has 4 aromatic rings. The van der Waals surface area contributed by atoms with E-state index in [-0.39, 0.29) is 23.0 Å². The van der Waals surface area contributed by atoms with Gasteiger partial charge in [0.2, 0.25) is 5.91 Å². The van der Waals surface area contributed by atoms with Gasteiger partial charge in [-0.3, -0.25) is 14.0 Å². The van der Waals surface area contributed by atoms with Crippen molar-refractivity contribution in [3.05, 3.63) is 58.9 Å². The molecule has 1 amide bonds. The number of amides is 1. The molecule has 0 saturated heterocycles. The number of ether oxygens (including phenoxy) is 1. The molecule has 0 bridgehead atoms. The maximum atomic E-state index is 14.6. The summed E-state index contributed by atoms with van der Waals surface area (Å²) < 4.78 is 21.8. The van der Waals surface area contributed by atoms with Crippen LogP contribution in [-0.4, -0.2) is 39.2 Å². The van der Waals surface area contributed by atoms with Crippen molar-refractivity contribution < 1.29 is 18.7 Å². The lowest BCUT2D eigenvalue weighted by molar-refractivity contribution is -0.116. The van der Waals surface area contributed by atoms with Gasteiger partial charge in [0.25, 0.3) is 0 Å². The average molecular weight is 450 g/mol. The SMILES string of the molecule is COc1ccc2c(C)cc3nnc(SCC(=O)c4cc5c(cc4F)NC(=O)CC5)n3c2c1. The van der Waals surface area contributed by atoms with Gasteiger partial charge in [-0.25, -0.2) is 4.39 Å². The number of pyridine rings is 1. The Balaban J connectivity index is 1.46. The predicted octanol–water partition coefficient (Wildman–Crippen LogP) is 4.20. The quantitative estimate of drug-likeness (QED) is 0.362. The number of carbonyl (C=O) groups is 2. The van der Waals surface area contributed by atoms with E-state index in [9.17, 15) is 14.0 Å². The summed E-state index contributed by atoms with van der Waals surface area (Å²) in [5, 5.41) is 12.7. The maximum absolute atomic E-state index is 14.6. The molecule has 9 heteroatoms. The molecule has 7 nitrogen and oxygen atoms in total. The van der Waals surface area contributed by atoms with E-state index >= 15 is 0 Å². The number of nitrogens with zero attached hydrogens (tertiary/aromatic N) is 3. The third kappa shape index (κ3) is 3.48. The Bertz CT molecular complexity index is 1420. The van der Waals surface area contributed by atoms with Gasteiger partial charge in [-0.15, -0.1) is 10.2 Å². The van der Waals surface area contributed by atoms with Crippen LogP contribution in [0.2, 0.25) is 0 Å². The van der Waals surface area contributed by atoms with Crippen LogP contribution in [0.1, 0.15) is 27.9 Å². The number of carbonyl (C=O) groups excluding carboxylic acids is 2. The molecule has 1 aliphatic rings. The summed E-state index contributed by atoms with van der Waals surface area (Å²) in [6.07, 6.45) is 0.805. The number of fused-ring (bicyclic) bond motifs is 4. The zero-order valence-electron chi connectivity index (χ0n) is 17.4. The Kier molecular flexibility index (Phi) is 5.05. The number of hydrogen-bond acceptors (Lipinski definition) is 6. The molecular formula is C23H19FN4O3S. The van der Waals surface area contributed by atoms with Crippen molar-refractivity contribution in [2.45, 2.75) is 24.9 Å². The number of aryl methyl sites for hydroxylation is 2. The highest BCUT2D eigenvalue weighted by Gasteiger charge is 2.21. The fourth-order valence-electron chi connectivity index (χ4n) is 3.95. The largest absolute Gasteiger partial charge is 0.497 e. The minimum atomic E-state index is -0.645. The molecule has 32 heavy (non-hydrogen) atoms. The lowest BCUT2D eigenvalue weighted by atomic mass is 9.98. The number of anilines is 1. The zero-order valence-corrected chi connectivity index (χ0v) is 18.3. The Labute approximate surface area is 187 Å². The number of thioether (sulfide) groups is 1. The molecule has 0 fully saturated rings. The van der Waals surface area contributed by atoms with E-state index in [1.54, 1.807) is 13.2 Å². The van der Waals surface area contributed by atoms with Gasteiger partial charge < -0.3 is 10.1 Å². The van der Waals surface area contributed by atoms with Crippen molar-refractivity contribution in [2.24, 2.45) is 0 Å². The van der Waals surface area contributed by atoms with Crippen molar-refractivity contribution in [1.82, 2.24) is 14.6 Å². The summed E-state index contributed by atoms with van der Waals surface area (Å²) in [6.45, 7) is 2.00. The van der Waals surface area contributed by atoms with Crippen LogP contribution in [0, 0.1) is 12.7 Å². The lowest BCUT2D eigenvalue weighted by Crippen LogP contribution is -2.20. The van der Waals surface area contributed by atoms with E-state index in [2.05, 4.69) is 15.5 Å². The second-order valence-electron chi connectivity index (χ2n) is 7.64. The summed E-state index contributed by atoms with van der Waals surface area (Å²) in [5.74, 6) is -0.438. The van der Waals surface area contributed by atoms with E-state index in [4.69, 9.17) is 4.74 Å². The topological polar surface area (TPSA) is 85.6 Å². The van der Waals surface area contributed by atoms with Gasteiger partial charge >= 0.3 is 0 Å². The molecule has 2 aromatic heterocycles. The fourth-order valence-corrected chi connectivity index (χ4v) is 4.78. The van der Waals surface area contributed by atoms with Gasteiger partial charge in [-0.05, 0) is 54.8 Å². The van der Waals surface area contributed by atoms with Crippen LogP contribution in [0.25, 0.3) is 16.6 Å². The molecule has 0 unspecified atom stereocenters. The molecule has 0 aliphatic carbocycles. The average Bonchev–Trinajstić information content (AvgIpc) is 3.19. The highest BCUT2D eigenvalue weighted by Crippen LogP contribution is 2.30. The second-order valence-corrected chi connectivity index (χ2v) is 8.58. The highest BCUT2D eigenvalue weighted by molar-refractivity contribution is 7.99. The summed E-state index contributed by atoms with van der Waals surface area (Å²) in [5.41, 5.74) is 3.80. The molecule has 0 saturated carbocycles. The molecule has 1 aliphatic heterocycles. The van der Waals surface area contributed by atoms with Gasteiger partial charge in [0.15, 0.2) is 16.6 Å². The molecule has 0 spiro atoms. The highest BCUT2D eigenvalue weighted by atomic mass is 32.2. The maximum Gasteiger partial charge on any atom is 0.224 e. The molecule has 0 atom stereocenters. The summed E-state index contributed by atoms with van der Waals surface area (Å²) in [7, 11) is 1.60. The van der Waals surface area contributed by atoms with E-state index in [1.807, 2.05) is 35.6 Å². The minimum absolute atomic E-state index is 0.00218. The van der Waals surface area contributed by atoms with Gasteiger partial charge in [-0.1, -0.05) is 11.8 Å². The Hall–Kier alpha value is -3.46. The number of ketones is 1.